The summed E-state index contributed by atoms with van der Waals surface area (Å²) in [5.74, 6) is -1.35. The molecule has 36 heavy (non-hydrogen) atoms. The van der Waals surface area contributed by atoms with Crippen molar-refractivity contribution >= 4 is 23.6 Å². The van der Waals surface area contributed by atoms with E-state index in [1.54, 1.807) is 24.4 Å². The van der Waals surface area contributed by atoms with Crippen LogP contribution >= 0.6 is 0 Å². The molecule has 3 aromatic rings. The molecule has 1 heterocycles. The van der Waals surface area contributed by atoms with Crippen molar-refractivity contribution in [2.24, 2.45) is 0 Å². The van der Waals surface area contributed by atoms with Gasteiger partial charge in [0.1, 0.15) is 11.6 Å². The molecule has 0 aliphatic heterocycles. The fourth-order valence-corrected chi connectivity index (χ4v) is 3.72. The average Bonchev–Trinajstić information content (AvgIpc) is 2.85. The molecule has 2 amide bonds. The number of rotatable bonds is 12. The summed E-state index contributed by atoms with van der Waals surface area (Å²) in [6.45, 7) is 2.21. The second-order valence-corrected chi connectivity index (χ2v) is 8.35. The Labute approximate surface area is 209 Å². The lowest BCUT2D eigenvalue weighted by atomic mass is 9.96. The lowest BCUT2D eigenvalue weighted by Crippen LogP contribution is -2.39. The second kappa shape index (κ2) is 12.9. The van der Waals surface area contributed by atoms with Gasteiger partial charge in [-0.15, -0.1) is 0 Å². The number of benzene rings is 2. The van der Waals surface area contributed by atoms with Crippen molar-refractivity contribution < 1.29 is 24.6 Å². The summed E-state index contributed by atoms with van der Waals surface area (Å²) in [7, 11) is 0. The summed E-state index contributed by atoms with van der Waals surface area (Å²) in [5, 5.41) is 28.5. The predicted molar refractivity (Wildman–Crippen MR) is 136 cm³/mol. The molecule has 9 nitrogen and oxygen atoms in total. The maximum atomic E-state index is 12.5. The van der Waals surface area contributed by atoms with Gasteiger partial charge in [-0.3, -0.25) is 14.4 Å². The zero-order valence-electron chi connectivity index (χ0n) is 20.0. The number of carbonyl (C=O) groups excluding carboxylic acids is 2. The number of phenols is 1. The standard InChI is InChI=1S/C27H30N4O5/c1-18-12-14-29-23(15-18)28-13-6-11-24(32)30-17-25(33)31-22(16-26(34)35)21-10-5-9-20(27(21)36)19-7-3-2-4-8-19/h2-5,7-10,12,14-15,22,36H,6,11,13,16-17H2,1H3,(H,28,29)(H,30,32)(H,31,33)(H,34,35). The van der Waals surface area contributed by atoms with Gasteiger partial charge in [0.05, 0.1) is 19.0 Å². The van der Waals surface area contributed by atoms with E-state index in [2.05, 4.69) is 20.9 Å². The number of aromatic nitrogens is 1. The lowest BCUT2D eigenvalue weighted by molar-refractivity contribution is -0.138. The van der Waals surface area contributed by atoms with Gasteiger partial charge < -0.3 is 26.2 Å². The Bertz CT molecular complexity index is 1200. The minimum Gasteiger partial charge on any atom is -0.507 e. The van der Waals surface area contributed by atoms with Gasteiger partial charge in [-0.05, 0) is 36.6 Å². The first-order chi connectivity index (χ1) is 17.3. The first-order valence-electron chi connectivity index (χ1n) is 11.6. The van der Waals surface area contributed by atoms with Crippen LogP contribution in [0.15, 0.2) is 66.9 Å². The smallest absolute Gasteiger partial charge is 0.305 e. The Hall–Kier alpha value is -4.40. The summed E-state index contributed by atoms with van der Waals surface area (Å²) in [6, 6.07) is 17.0. The van der Waals surface area contributed by atoms with Crippen molar-refractivity contribution in [3.05, 3.63) is 78.0 Å². The van der Waals surface area contributed by atoms with Crippen LogP contribution in [-0.2, 0) is 14.4 Å². The molecule has 1 unspecified atom stereocenters. The van der Waals surface area contributed by atoms with Crippen LogP contribution in [0.25, 0.3) is 11.1 Å². The molecule has 0 aliphatic rings. The number of anilines is 1. The van der Waals surface area contributed by atoms with Crippen LogP contribution in [0.4, 0.5) is 5.82 Å². The topological polar surface area (TPSA) is 141 Å². The number of hydrogen-bond acceptors (Lipinski definition) is 6. The van der Waals surface area contributed by atoms with Crippen LogP contribution in [0.3, 0.4) is 0 Å². The largest absolute Gasteiger partial charge is 0.507 e. The highest BCUT2D eigenvalue weighted by Crippen LogP contribution is 2.36. The molecule has 0 spiro atoms. The van der Waals surface area contributed by atoms with E-state index in [1.807, 2.05) is 49.4 Å². The van der Waals surface area contributed by atoms with E-state index in [1.165, 1.54) is 0 Å². The number of nitrogens with one attached hydrogen (secondary N) is 3. The van der Waals surface area contributed by atoms with Gasteiger partial charge in [0.15, 0.2) is 0 Å². The number of phenolic OH excluding ortho intramolecular Hbond substituents is 1. The number of aliphatic carboxylic acids is 1. The van der Waals surface area contributed by atoms with Gasteiger partial charge >= 0.3 is 5.97 Å². The van der Waals surface area contributed by atoms with Crippen molar-refractivity contribution in [3.63, 3.8) is 0 Å². The van der Waals surface area contributed by atoms with Crippen molar-refractivity contribution in [3.8, 4) is 16.9 Å². The highest BCUT2D eigenvalue weighted by Gasteiger charge is 2.23. The average molecular weight is 491 g/mol. The molecule has 0 aliphatic carbocycles. The number of pyridine rings is 1. The minimum atomic E-state index is -1.13. The number of hydrogen-bond donors (Lipinski definition) is 5. The summed E-state index contributed by atoms with van der Waals surface area (Å²) >= 11 is 0. The third kappa shape index (κ3) is 7.83. The Morgan fingerprint density at radius 3 is 2.50 bits per heavy atom. The predicted octanol–water partition coefficient (Wildman–Crippen LogP) is 3.40. The molecule has 9 heteroatoms. The quantitative estimate of drug-likeness (QED) is 0.245. The molecule has 1 aromatic heterocycles. The second-order valence-electron chi connectivity index (χ2n) is 8.35. The lowest BCUT2D eigenvalue weighted by Gasteiger charge is -2.20. The Kier molecular flexibility index (Phi) is 9.39. The van der Waals surface area contributed by atoms with Gasteiger partial charge in [0, 0.05) is 30.3 Å². The van der Waals surface area contributed by atoms with Gasteiger partial charge in [-0.2, -0.15) is 0 Å². The van der Waals surface area contributed by atoms with E-state index in [0.29, 0.717) is 18.5 Å². The summed E-state index contributed by atoms with van der Waals surface area (Å²) in [6.07, 6.45) is 2.04. The van der Waals surface area contributed by atoms with E-state index < -0.39 is 24.3 Å². The van der Waals surface area contributed by atoms with Crippen molar-refractivity contribution in [2.75, 3.05) is 18.4 Å². The zero-order valence-corrected chi connectivity index (χ0v) is 20.0. The van der Waals surface area contributed by atoms with E-state index in [9.17, 15) is 24.6 Å². The van der Waals surface area contributed by atoms with Gasteiger partial charge in [0.25, 0.3) is 0 Å². The summed E-state index contributed by atoms with van der Waals surface area (Å²) in [5.41, 5.74) is 2.66. The summed E-state index contributed by atoms with van der Waals surface area (Å²) in [4.78, 5) is 40.3. The number of nitrogens with zero attached hydrogens (tertiary/aromatic N) is 1. The number of amides is 2. The maximum absolute atomic E-state index is 12.5. The monoisotopic (exact) mass is 490 g/mol. The fourth-order valence-electron chi connectivity index (χ4n) is 3.72. The zero-order chi connectivity index (χ0) is 25.9. The van der Waals surface area contributed by atoms with Gasteiger partial charge in [0.2, 0.25) is 11.8 Å². The highest BCUT2D eigenvalue weighted by atomic mass is 16.4. The molecule has 0 fully saturated rings. The van der Waals surface area contributed by atoms with Crippen LogP contribution < -0.4 is 16.0 Å². The molecular weight excluding hydrogens is 460 g/mol. The van der Waals surface area contributed by atoms with Crippen LogP contribution in [0.5, 0.6) is 5.75 Å². The van der Waals surface area contributed by atoms with Crippen LogP contribution in [-0.4, -0.2) is 46.1 Å². The molecule has 1 atom stereocenters. The number of para-hydroxylation sites is 1. The first-order valence-corrected chi connectivity index (χ1v) is 11.6. The number of carboxylic acids is 1. The fraction of sp³-hybridized carbons (Fsp3) is 0.259. The third-order valence-corrected chi connectivity index (χ3v) is 5.49. The van der Waals surface area contributed by atoms with Crippen molar-refractivity contribution in [1.82, 2.24) is 15.6 Å². The molecule has 2 aromatic carbocycles. The van der Waals surface area contributed by atoms with E-state index in [0.717, 1.165) is 16.9 Å². The molecular formula is C27H30N4O5. The third-order valence-electron chi connectivity index (χ3n) is 5.49. The van der Waals surface area contributed by atoms with Crippen LogP contribution in [0.1, 0.15) is 36.4 Å². The number of carbonyl (C=O) groups is 3. The van der Waals surface area contributed by atoms with E-state index in [4.69, 9.17) is 0 Å². The minimum absolute atomic E-state index is 0.102. The molecule has 0 saturated carbocycles. The first kappa shape index (κ1) is 26.2. The molecule has 5 N–H and O–H groups in total. The van der Waals surface area contributed by atoms with E-state index >= 15 is 0 Å². The number of aryl methyl sites for hydroxylation is 1. The molecule has 0 saturated heterocycles. The Balaban J connectivity index is 1.53. The normalized spacial score (nSPS) is 11.4. The molecule has 0 bridgehead atoms. The summed E-state index contributed by atoms with van der Waals surface area (Å²) < 4.78 is 0. The Morgan fingerprint density at radius 2 is 1.78 bits per heavy atom. The number of aromatic hydroxyl groups is 1. The highest BCUT2D eigenvalue weighted by molar-refractivity contribution is 5.85. The van der Waals surface area contributed by atoms with Crippen molar-refractivity contribution in [1.29, 1.82) is 0 Å². The SMILES string of the molecule is Cc1ccnc(NCCCC(=O)NCC(=O)NC(CC(=O)O)c2cccc(-c3ccccc3)c2O)c1. The molecule has 3 rings (SSSR count). The maximum Gasteiger partial charge on any atom is 0.305 e. The molecule has 0 radical (unpaired) electrons. The van der Waals surface area contributed by atoms with Gasteiger partial charge in [-0.25, -0.2) is 4.98 Å². The van der Waals surface area contributed by atoms with Gasteiger partial charge in [-0.1, -0.05) is 48.5 Å². The Morgan fingerprint density at radius 1 is 1.00 bits per heavy atom. The van der Waals surface area contributed by atoms with Crippen molar-refractivity contribution in [2.45, 2.75) is 32.2 Å². The van der Waals surface area contributed by atoms with E-state index in [-0.39, 0.29) is 30.2 Å². The van der Waals surface area contributed by atoms with Crippen LogP contribution in [0, 0.1) is 6.92 Å². The van der Waals surface area contributed by atoms with Crippen LogP contribution in [0.2, 0.25) is 0 Å². The molecule has 188 valence electrons. The number of carboxylic acid groups (broad SMARTS) is 1.